The molecule has 1 aromatic rings. The largest absolute Gasteiger partial charge is 0.398 e. The van der Waals surface area contributed by atoms with Gasteiger partial charge in [0.05, 0.1) is 12.4 Å². The van der Waals surface area contributed by atoms with Crippen molar-refractivity contribution in [1.82, 2.24) is 4.72 Å². The molecular formula is C14H22N2O3S2. The number of benzene rings is 1. The van der Waals surface area contributed by atoms with E-state index >= 15 is 0 Å². The van der Waals surface area contributed by atoms with Gasteiger partial charge in [0.1, 0.15) is 0 Å². The second-order valence-electron chi connectivity index (χ2n) is 5.24. The van der Waals surface area contributed by atoms with Crippen LogP contribution in [-0.2, 0) is 14.8 Å². The fourth-order valence-corrected chi connectivity index (χ4v) is 4.98. The second-order valence-corrected chi connectivity index (χ2v) is 8.25. The maximum Gasteiger partial charge on any atom is 0.212 e. The SMILES string of the molecule is CC(NS(=O)(=O)CCSc1ccccc1N)C1CCOC1. The first-order valence-electron chi connectivity index (χ1n) is 7.03. The molecule has 7 heteroatoms. The van der Waals surface area contributed by atoms with Gasteiger partial charge in [-0.1, -0.05) is 12.1 Å². The van der Waals surface area contributed by atoms with E-state index in [0.29, 0.717) is 18.0 Å². The number of rotatable bonds is 7. The topological polar surface area (TPSA) is 81.4 Å². The Morgan fingerprint density at radius 1 is 1.48 bits per heavy atom. The summed E-state index contributed by atoms with van der Waals surface area (Å²) in [5.41, 5.74) is 6.52. The molecule has 0 bridgehead atoms. The van der Waals surface area contributed by atoms with Crippen LogP contribution in [0, 0.1) is 5.92 Å². The molecule has 2 rings (SSSR count). The third-order valence-electron chi connectivity index (χ3n) is 3.57. The number of nitrogens with two attached hydrogens (primary N) is 1. The van der Waals surface area contributed by atoms with Crippen molar-refractivity contribution < 1.29 is 13.2 Å². The van der Waals surface area contributed by atoms with Gasteiger partial charge in [0.25, 0.3) is 0 Å². The lowest BCUT2D eigenvalue weighted by atomic mass is 10.0. The number of nitrogens with one attached hydrogen (secondary N) is 1. The van der Waals surface area contributed by atoms with Gasteiger partial charge in [-0.3, -0.25) is 0 Å². The zero-order chi connectivity index (χ0) is 15.3. The lowest BCUT2D eigenvalue weighted by molar-refractivity contribution is 0.180. The molecule has 1 fully saturated rings. The van der Waals surface area contributed by atoms with Crippen molar-refractivity contribution in [3.63, 3.8) is 0 Å². The summed E-state index contributed by atoms with van der Waals surface area (Å²) in [6.07, 6.45) is 0.916. The standard InChI is InChI=1S/C14H22N2O3S2/c1-11(12-6-7-19-10-12)16-21(17,18)9-8-20-14-5-3-2-4-13(14)15/h2-5,11-12,16H,6-10,15H2,1H3. The highest BCUT2D eigenvalue weighted by atomic mass is 32.2. The van der Waals surface area contributed by atoms with Crippen LogP contribution in [0.4, 0.5) is 5.69 Å². The Labute approximate surface area is 130 Å². The zero-order valence-corrected chi connectivity index (χ0v) is 13.8. The minimum atomic E-state index is -3.27. The Bertz CT molecular complexity index is 557. The van der Waals surface area contributed by atoms with E-state index in [9.17, 15) is 8.42 Å². The van der Waals surface area contributed by atoms with E-state index in [4.69, 9.17) is 10.5 Å². The molecule has 2 unspecified atom stereocenters. The van der Waals surface area contributed by atoms with Gasteiger partial charge in [0, 0.05) is 34.9 Å². The molecule has 0 spiro atoms. The molecule has 21 heavy (non-hydrogen) atoms. The molecule has 5 nitrogen and oxygen atoms in total. The number of hydrogen-bond donors (Lipinski definition) is 2. The molecule has 1 aliphatic heterocycles. The molecule has 0 amide bonds. The van der Waals surface area contributed by atoms with Gasteiger partial charge in [-0.2, -0.15) is 0 Å². The minimum absolute atomic E-state index is 0.0794. The van der Waals surface area contributed by atoms with Crippen molar-refractivity contribution in [3.8, 4) is 0 Å². The molecule has 1 heterocycles. The smallest absolute Gasteiger partial charge is 0.212 e. The quantitative estimate of drug-likeness (QED) is 0.587. The number of anilines is 1. The van der Waals surface area contributed by atoms with Gasteiger partial charge in [-0.15, -0.1) is 11.8 Å². The van der Waals surface area contributed by atoms with Crippen molar-refractivity contribution in [3.05, 3.63) is 24.3 Å². The number of ether oxygens (including phenoxy) is 1. The van der Waals surface area contributed by atoms with Crippen LogP contribution in [0.25, 0.3) is 0 Å². The summed E-state index contributed by atoms with van der Waals surface area (Å²) >= 11 is 1.46. The highest BCUT2D eigenvalue weighted by molar-refractivity contribution is 8.00. The van der Waals surface area contributed by atoms with Gasteiger partial charge in [-0.25, -0.2) is 13.1 Å². The van der Waals surface area contributed by atoms with E-state index < -0.39 is 10.0 Å². The van der Waals surface area contributed by atoms with Crippen molar-refractivity contribution in [2.24, 2.45) is 5.92 Å². The highest BCUT2D eigenvalue weighted by Crippen LogP contribution is 2.24. The van der Waals surface area contributed by atoms with E-state index in [1.165, 1.54) is 11.8 Å². The molecular weight excluding hydrogens is 308 g/mol. The number of nitrogen functional groups attached to an aromatic ring is 1. The third kappa shape index (κ3) is 5.18. The van der Waals surface area contributed by atoms with Gasteiger partial charge in [0.15, 0.2) is 0 Å². The van der Waals surface area contributed by atoms with Crippen LogP contribution in [-0.4, -0.2) is 39.2 Å². The van der Waals surface area contributed by atoms with Gasteiger partial charge < -0.3 is 10.5 Å². The molecule has 1 saturated heterocycles. The number of para-hydroxylation sites is 1. The summed E-state index contributed by atoms with van der Waals surface area (Å²) in [7, 11) is -3.27. The average Bonchev–Trinajstić information content (AvgIpc) is 2.94. The molecule has 1 aliphatic rings. The van der Waals surface area contributed by atoms with Crippen molar-refractivity contribution >= 4 is 27.5 Å². The summed E-state index contributed by atoms with van der Waals surface area (Å²) < 4.78 is 32.2. The normalized spacial score (nSPS) is 20.5. The molecule has 0 saturated carbocycles. The maximum atomic E-state index is 12.1. The lowest BCUT2D eigenvalue weighted by Crippen LogP contribution is -2.39. The van der Waals surface area contributed by atoms with E-state index in [1.807, 2.05) is 31.2 Å². The second kappa shape index (κ2) is 7.49. The Hall–Kier alpha value is -0.760. The van der Waals surface area contributed by atoms with Crippen LogP contribution in [0.15, 0.2) is 29.2 Å². The summed E-state index contributed by atoms with van der Waals surface area (Å²) in [5, 5.41) is 0. The fraction of sp³-hybridized carbons (Fsp3) is 0.571. The van der Waals surface area contributed by atoms with Crippen molar-refractivity contribution in [2.45, 2.75) is 24.3 Å². The summed E-state index contributed by atoms with van der Waals surface area (Å²) in [6, 6.07) is 7.40. The molecule has 0 aliphatic carbocycles. The van der Waals surface area contributed by atoms with Crippen LogP contribution in [0.1, 0.15) is 13.3 Å². The Balaban J connectivity index is 1.80. The highest BCUT2D eigenvalue weighted by Gasteiger charge is 2.25. The fourth-order valence-electron chi connectivity index (χ4n) is 2.26. The maximum absolute atomic E-state index is 12.1. The van der Waals surface area contributed by atoms with Crippen LogP contribution in [0.3, 0.4) is 0 Å². The third-order valence-corrected chi connectivity index (χ3v) is 6.39. The van der Waals surface area contributed by atoms with Crippen LogP contribution < -0.4 is 10.5 Å². The van der Waals surface area contributed by atoms with E-state index in [1.54, 1.807) is 0 Å². The van der Waals surface area contributed by atoms with Gasteiger partial charge in [-0.05, 0) is 25.5 Å². The molecule has 1 aromatic carbocycles. The molecule has 0 aromatic heterocycles. The van der Waals surface area contributed by atoms with Crippen LogP contribution in [0.5, 0.6) is 0 Å². The number of sulfonamides is 1. The van der Waals surface area contributed by atoms with Gasteiger partial charge in [0.2, 0.25) is 10.0 Å². The van der Waals surface area contributed by atoms with Gasteiger partial charge >= 0.3 is 0 Å². The Morgan fingerprint density at radius 3 is 2.90 bits per heavy atom. The van der Waals surface area contributed by atoms with Crippen LogP contribution >= 0.6 is 11.8 Å². The molecule has 2 atom stereocenters. The number of thioether (sulfide) groups is 1. The first-order chi connectivity index (χ1) is 9.98. The predicted octanol–water partition coefficient (Wildman–Crippen LogP) is 1.71. The first-order valence-corrected chi connectivity index (χ1v) is 9.67. The van der Waals surface area contributed by atoms with E-state index in [2.05, 4.69) is 4.72 Å². The van der Waals surface area contributed by atoms with E-state index in [-0.39, 0.29) is 17.7 Å². The Morgan fingerprint density at radius 2 is 2.24 bits per heavy atom. The molecule has 0 radical (unpaired) electrons. The monoisotopic (exact) mass is 330 g/mol. The molecule has 118 valence electrons. The summed E-state index contributed by atoms with van der Waals surface area (Å²) in [4.78, 5) is 0.921. The van der Waals surface area contributed by atoms with Crippen LogP contribution in [0.2, 0.25) is 0 Å². The lowest BCUT2D eigenvalue weighted by Gasteiger charge is -2.19. The molecule has 3 N–H and O–H groups in total. The predicted molar refractivity (Wildman–Crippen MR) is 86.9 cm³/mol. The first kappa shape index (κ1) is 16.6. The average molecular weight is 330 g/mol. The summed E-state index contributed by atoms with van der Waals surface area (Å²) in [6.45, 7) is 3.26. The Kier molecular flexibility index (Phi) is 5.92. The summed E-state index contributed by atoms with van der Waals surface area (Å²) in [5.74, 6) is 0.846. The van der Waals surface area contributed by atoms with E-state index in [0.717, 1.165) is 17.9 Å². The van der Waals surface area contributed by atoms with Crippen molar-refractivity contribution in [1.29, 1.82) is 0 Å². The minimum Gasteiger partial charge on any atom is -0.398 e. The van der Waals surface area contributed by atoms with Crippen molar-refractivity contribution in [2.75, 3.05) is 30.5 Å². The number of hydrogen-bond acceptors (Lipinski definition) is 5. The zero-order valence-electron chi connectivity index (χ0n) is 12.1.